The number of carbonyl (C=O) groups is 3. The van der Waals surface area contributed by atoms with Crippen LogP contribution in [0.1, 0.15) is 22.4 Å². The van der Waals surface area contributed by atoms with Crippen LogP contribution in [0.4, 0.5) is 4.79 Å². The Morgan fingerprint density at radius 2 is 1.83 bits per heavy atom. The number of hydrogen-bond acceptors (Lipinski definition) is 6. The maximum atomic E-state index is 13.1. The van der Waals surface area contributed by atoms with Crippen molar-refractivity contribution in [1.82, 2.24) is 14.4 Å². The molecule has 2 aliphatic heterocycles. The Labute approximate surface area is 212 Å². The predicted molar refractivity (Wildman–Crippen MR) is 137 cm³/mol. The second-order valence-corrected chi connectivity index (χ2v) is 9.63. The molecule has 2 aromatic carbocycles. The molecular weight excluding hydrogens is 476 g/mol. The minimum atomic E-state index is -0.460. The first-order valence-corrected chi connectivity index (χ1v) is 12.5. The zero-order chi connectivity index (χ0) is 25.2. The Balaban J connectivity index is 1.46. The lowest BCUT2D eigenvalue weighted by atomic mass is 10.1. The smallest absolute Gasteiger partial charge is 0.294 e. The fourth-order valence-corrected chi connectivity index (χ4v) is 5.42. The van der Waals surface area contributed by atoms with Crippen LogP contribution >= 0.6 is 11.8 Å². The van der Waals surface area contributed by atoms with Crippen molar-refractivity contribution in [3.05, 3.63) is 75.8 Å². The third-order valence-electron chi connectivity index (χ3n) is 6.55. The summed E-state index contributed by atoms with van der Waals surface area (Å²) in [6.45, 7) is 4.02. The number of benzene rings is 2. The molecule has 0 aliphatic carbocycles. The fourth-order valence-electron chi connectivity index (χ4n) is 4.60. The van der Waals surface area contributed by atoms with Gasteiger partial charge in [-0.15, -0.1) is 0 Å². The molecule has 0 bridgehead atoms. The second kappa shape index (κ2) is 10.0. The van der Waals surface area contributed by atoms with Crippen LogP contribution < -0.4 is 0 Å². The van der Waals surface area contributed by atoms with Crippen LogP contribution in [0.3, 0.4) is 0 Å². The highest BCUT2D eigenvalue weighted by Crippen LogP contribution is 2.36. The van der Waals surface area contributed by atoms with Gasteiger partial charge in [-0.05, 0) is 42.5 Å². The first kappa shape index (κ1) is 23.9. The van der Waals surface area contributed by atoms with E-state index in [1.54, 1.807) is 17.0 Å². The lowest BCUT2D eigenvalue weighted by molar-refractivity contribution is -0.139. The van der Waals surface area contributed by atoms with E-state index < -0.39 is 11.1 Å². The second-order valence-electron chi connectivity index (χ2n) is 8.63. The molecule has 2 fully saturated rings. The molecule has 9 heteroatoms. The molecule has 0 atom stereocenters. The summed E-state index contributed by atoms with van der Waals surface area (Å²) in [6, 6.07) is 17.6. The molecule has 182 valence electrons. The van der Waals surface area contributed by atoms with Gasteiger partial charge in [0.1, 0.15) is 6.54 Å². The Bertz CT molecular complexity index is 1450. The van der Waals surface area contributed by atoms with Crippen molar-refractivity contribution in [1.29, 1.82) is 5.26 Å². The van der Waals surface area contributed by atoms with Crippen molar-refractivity contribution in [3.63, 3.8) is 0 Å². The van der Waals surface area contributed by atoms with Gasteiger partial charge in [-0.3, -0.25) is 19.3 Å². The summed E-state index contributed by atoms with van der Waals surface area (Å²) in [7, 11) is 0. The first-order chi connectivity index (χ1) is 17.5. The molecule has 3 aromatic rings. The molecule has 5 rings (SSSR count). The number of ether oxygens (including phenoxy) is 1. The number of thioether (sulfide) groups is 1. The number of rotatable bonds is 5. The third kappa shape index (κ3) is 4.41. The van der Waals surface area contributed by atoms with Gasteiger partial charge >= 0.3 is 0 Å². The lowest BCUT2D eigenvalue weighted by Crippen LogP contribution is -2.46. The van der Waals surface area contributed by atoms with Gasteiger partial charge in [0, 0.05) is 41.8 Å². The van der Waals surface area contributed by atoms with Crippen LogP contribution in [0.2, 0.25) is 0 Å². The van der Waals surface area contributed by atoms with E-state index in [1.165, 1.54) is 0 Å². The number of carbonyl (C=O) groups excluding carboxylic acids is 3. The van der Waals surface area contributed by atoms with Crippen molar-refractivity contribution >= 4 is 45.8 Å². The minimum Gasteiger partial charge on any atom is -0.378 e. The van der Waals surface area contributed by atoms with Crippen LogP contribution in [0.15, 0.2) is 53.4 Å². The summed E-state index contributed by atoms with van der Waals surface area (Å²) >= 11 is 0.853. The van der Waals surface area contributed by atoms with E-state index in [0.717, 1.165) is 44.4 Å². The molecule has 3 amide bonds. The van der Waals surface area contributed by atoms with Crippen LogP contribution in [-0.4, -0.2) is 64.3 Å². The van der Waals surface area contributed by atoms with Gasteiger partial charge in [0.15, 0.2) is 0 Å². The summed E-state index contributed by atoms with van der Waals surface area (Å²) in [6.07, 6.45) is 1.74. The van der Waals surface area contributed by atoms with Gasteiger partial charge in [0.2, 0.25) is 5.91 Å². The molecular formula is C27H24N4O4S. The molecule has 3 heterocycles. The van der Waals surface area contributed by atoms with Crippen molar-refractivity contribution in [2.45, 2.75) is 13.5 Å². The summed E-state index contributed by atoms with van der Waals surface area (Å²) in [5.74, 6) is -0.719. The average molecular weight is 501 g/mol. The normalized spacial score (nSPS) is 17.3. The van der Waals surface area contributed by atoms with Crippen molar-refractivity contribution in [2.24, 2.45) is 0 Å². The standard InChI is InChI=1S/C27H24N4O4S/c1-18-22(14-24-26(33)31(27(34)36-24)17-25(32)29-10-12-35-13-11-29)21-8-4-5-9-23(21)30(18)16-20-7-3-2-6-19(20)15-28/h2-9,14H,10-13,16-17H2,1H3/b24-14-. The number of aromatic nitrogens is 1. The molecule has 0 unspecified atom stereocenters. The van der Waals surface area contributed by atoms with E-state index >= 15 is 0 Å². The van der Waals surface area contributed by atoms with Crippen molar-refractivity contribution in [3.8, 4) is 6.07 Å². The molecule has 0 N–H and O–H groups in total. The first-order valence-electron chi connectivity index (χ1n) is 11.6. The van der Waals surface area contributed by atoms with E-state index in [4.69, 9.17) is 4.74 Å². The van der Waals surface area contributed by atoms with E-state index in [2.05, 4.69) is 10.6 Å². The number of imide groups is 1. The molecule has 36 heavy (non-hydrogen) atoms. The lowest BCUT2D eigenvalue weighted by Gasteiger charge is -2.28. The highest BCUT2D eigenvalue weighted by atomic mass is 32.2. The van der Waals surface area contributed by atoms with E-state index in [0.29, 0.717) is 43.3 Å². The molecule has 2 saturated heterocycles. The molecule has 1 aromatic heterocycles. The van der Waals surface area contributed by atoms with Gasteiger partial charge in [0.05, 0.1) is 29.8 Å². The molecule has 0 radical (unpaired) electrons. The van der Waals surface area contributed by atoms with Gasteiger partial charge in [-0.25, -0.2) is 0 Å². The Hall–Kier alpha value is -3.87. The highest BCUT2D eigenvalue weighted by molar-refractivity contribution is 8.18. The number of nitriles is 1. The van der Waals surface area contributed by atoms with Crippen molar-refractivity contribution in [2.75, 3.05) is 32.8 Å². The van der Waals surface area contributed by atoms with Crippen molar-refractivity contribution < 1.29 is 19.1 Å². The molecule has 8 nitrogen and oxygen atoms in total. The monoisotopic (exact) mass is 500 g/mol. The summed E-state index contributed by atoms with van der Waals surface area (Å²) in [4.78, 5) is 41.4. The zero-order valence-corrected chi connectivity index (χ0v) is 20.6. The Morgan fingerprint density at radius 1 is 1.11 bits per heavy atom. The predicted octanol–water partition coefficient (Wildman–Crippen LogP) is 3.76. The number of nitrogens with zero attached hydrogens (tertiary/aromatic N) is 4. The maximum Gasteiger partial charge on any atom is 0.294 e. The van der Waals surface area contributed by atoms with Crippen LogP contribution in [-0.2, 0) is 20.9 Å². The number of fused-ring (bicyclic) bond motifs is 1. The summed E-state index contributed by atoms with van der Waals surface area (Å²) in [5, 5.41) is 10.0. The SMILES string of the molecule is Cc1c(/C=C2\SC(=O)N(CC(=O)N3CCOCC3)C2=O)c2ccccc2n1Cc1ccccc1C#N. The fraction of sp³-hybridized carbons (Fsp3) is 0.259. The largest absolute Gasteiger partial charge is 0.378 e. The number of para-hydroxylation sites is 1. The van der Waals surface area contributed by atoms with Gasteiger partial charge in [-0.1, -0.05) is 36.4 Å². The topological polar surface area (TPSA) is 95.6 Å². The van der Waals surface area contributed by atoms with Crippen LogP contribution in [0, 0.1) is 18.3 Å². The Kier molecular flexibility index (Phi) is 6.63. The quantitative estimate of drug-likeness (QED) is 0.495. The molecule has 0 saturated carbocycles. The van der Waals surface area contributed by atoms with Gasteiger partial charge < -0.3 is 14.2 Å². The maximum absolute atomic E-state index is 13.1. The van der Waals surface area contributed by atoms with Gasteiger partial charge in [-0.2, -0.15) is 5.26 Å². The van der Waals surface area contributed by atoms with E-state index in [-0.39, 0.29) is 12.5 Å². The highest BCUT2D eigenvalue weighted by Gasteiger charge is 2.37. The zero-order valence-electron chi connectivity index (χ0n) is 19.8. The van der Waals surface area contributed by atoms with E-state index in [9.17, 15) is 19.6 Å². The van der Waals surface area contributed by atoms with Gasteiger partial charge in [0.25, 0.3) is 11.1 Å². The molecule has 2 aliphatic rings. The number of amides is 3. The molecule has 0 spiro atoms. The summed E-state index contributed by atoms with van der Waals surface area (Å²) in [5.41, 5.74) is 4.24. The van der Waals surface area contributed by atoms with Crippen LogP contribution in [0.5, 0.6) is 0 Å². The number of morpholine rings is 1. The third-order valence-corrected chi connectivity index (χ3v) is 7.46. The van der Waals surface area contributed by atoms with Crippen LogP contribution in [0.25, 0.3) is 17.0 Å². The van der Waals surface area contributed by atoms with E-state index in [1.807, 2.05) is 49.4 Å². The summed E-state index contributed by atoms with van der Waals surface area (Å²) < 4.78 is 7.39. The number of hydrogen-bond donors (Lipinski definition) is 0. The average Bonchev–Trinajstić information content (AvgIpc) is 3.32. The minimum absolute atomic E-state index is 0.259. The Morgan fingerprint density at radius 3 is 2.61 bits per heavy atom.